The maximum absolute atomic E-state index is 13.8. The van der Waals surface area contributed by atoms with Crippen molar-refractivity contribution in [2.75, 3.05) is 25.0 Å². The summed E-state index contributed by atoms with van der Waals surface area (Å²) >= 11 is 0. The van der Waals surface area contributed by atoms with Crippen LogP contribution < -0.4 is 10.6 Å². The lowest BCUT2D eigenvalue weighted by molar-refractivity contribution is 0.0113. The number of anilines is 1. The van der Waals surface area contributed by atoms with Crippen molar-refractivity contribution in [3.8, 4) is 11.4 Å². The summed E-state index contributed by atoms with van der Waals surface area (Å²) in [5.41, 5.74) is 8.06. The lowest BCUT2D eigenvalue weighted by atomic mass is 9.84. The molecule has 0 radical (unpaired) electrons. The van der Waals surface area contributed by atoms with Gasteiger partial charge in [0.15, 0.2) is 17.5 Å². The number of aliphatic hydroxyl groups is 1. The van der Waals surface area contributed by atoms with E-state index < -0.39 is 17.2 Å². The molecule has 3 aromatic rings. The van der Waals surface area contributed by atoms with E-state index in [1.165, 1.54) is 6.07 Å². The van der Waals surface area contributed by atoms with E-state index in [2.05, 4.69) is 9.89 Å². The number of aliphatic imine (C=N–C) groups is 1. The van der Waals surface area contributed by atoms with Gasteiger partial charge in [-0.05, 0) is 37.5 Å². The molecule has 6 nitrogen and oxygen atoms in total. The van der Waals surface area contributed by atoms with Crippen LogP contribution in [-0.2, 0) is 5.60 Å². The fourth-order valence-corrected chi connectivity index (χ4v) is 4.13. The standard InChI is InChI=1S/C26H27F2N5O/c1-17(29)20(16-30-2)23-15-24(32-25(31-23)18-6-4-3-5-7-18)33-12-10-26(34,11-13-33)19-8-9-21(27)22(28)14-19/h3-9,14-16,34H,10-13,29H2,1-2H3/b20-17+,30-16?. The van der Waals surface area contributed by atoms with Crippen LogP contribution in [0, 0.1) is 11.6 Å². The average molecular weight is 464 g/mol. The van der Waals surface area contributed by atoms with Gasteiger partial charge in [-0.25, -0.2) is 18.7 Å². The third-order valence-corrected chi connectivity index (χ3v) is 6.08. The van der Waals surface area contributed by atoms with Crippen LogP contribution in [0.2, 0.25) is 0 Å². The van der Waals surface area contributed by atoms with Crippen LogP contribution in [0.1, 0.15) is 31.0 Å². The molecule has 4 rings (SSSR count). The lowest BCUT2D eigenvalue weighted by Crippen LogP contribution is -2.43. The predicted octanol–water partition coefficient (Wildman–Crippen LogP) is 4.30. The maximum Gasteiger partial charge on any atom is 0.162 e. The largest absolute Gasteiger partial charge is 0.402 e. The fourth-order valence-electron chi connectivity index (χ4n) is 4.13. The minimum atomic E-state index is -1.24. The number of allylic oxidation sites excluding steroid dienone is 2. The van der Waals surface area contributed by atoms with Gasteiger partial charge in [0.1, 0.15) is 5.82 Å². The third kappa shape index (κ3) is 4.82. The summed E-state index contributed by atoms with van der Waals surface area (Å²) in [5, 5.41) is 11.2. The van der Waals surface area contributed by atoms with Gasteiger partial charge in [-0.2, -0.15) is 0 Å². The molecule has 176 valence electrons. The highest BCUT2D eigenvalue weighted by Gasteiger charge is 2.35. The molecule has 1 aromatic heterocycles. The average Bonchev–Trinajstić information content (AvgIpc) is 2.84. The van der Waals surface area contributed by atoms with Gasteiger partial charge >= 0.3 is 0 Å². The van der Waals surface area contributed by atoms with E-state index in [9.17, 15) is 13.9 Å². The van der Waals surface area contributed by atoms with Crippen molar-refractivity contribution in [3.05, 3.63) is 83.2 Å². The van der Waals surface area contributed by atoms with Gasteiger partial charge in [0.05, 0.1) is 11.3 Å². The summed E-state index contributed by atoms with van der Waals surface area (Å²) in [6.45, 7) is 2.75. The monoisotopic (exact) mass is 463 g/mol. The zero-order chi connectivity index (χ0) is 24.3. The zero-order valence-electron chi connectivity index (χ0n) is 19.2. The molecule has 2 aromatic carbocycles. The Morgan fingerprint density at radius 2 is 1.76 bits per heavy atom. The van der Waals surface area contributed by atoms with E-state index in [-0.39, 0.29) is 0 Å². The van der Waals surface area contributed by atoms with Crippen LogP contribution in [-0.4, -0.2) is 41.4 Å². The molecule has 0 amide bonds. The SMILES string of the molecule is CN=C/C(=C(/C)N)c1cc(N2CCC(O)(c3ccc(F)c(F)c3)CC2)nc(-c2ccccc2)n1. The van der Waals surface area contributed by atoms with Crippen molar-refractivity contribution >= 4 is 17.6 Å². The van der Waals surface area contributed by atoms with E-state index in [1.54, 1.807) is 20.2 Å². The van der Waals surface area contributed by atoms with Crippen molar-refractivity contribution in [2.45, 2.75) is 25.4 Å². The molecule has 34 heavy (non-hydrogen) atoms. The molecule has 8 heteroatoms. The van der Waals surface area contributed by atoms with Gasteiger partial charge in [0.2, 0.25) is 0 Å². The Kier molecular flexibility index (Phi) is 6.70. The molecule has 0 unspecified atom stereocenters. The summed E-state index contributed by atoms with van der Waals surface area (Å²) in [7, 11) is 1.67. The summed E-state index contributed by atoms with van der Waals surface area (Å²) in [4.78, 5) is 15.7. The number of halogens is 2. The normalized spacial score (nSPS) is 16.6. The van der Waals surface area contributed by atoms with Gasteiger partial charge in [0.25, 0.3) is 0 Å². The van der Waals surface area contributed by atoms with Crippen molar-refractivity contribution < 1.29 is 13.9 Å². The first kappa shape index (κ1) is 23.5. The first-order valence-electron chi connectivity index (χ1n) is 11.1. The van der Waals surface area contributed by atoms with E-state index in [4.69, 9.17) is 15.7 Å². The topological polar surface area (TPSA) is 87.6 Å². The van der Waals surface area contributed by atoms with Gasteiger partial charge in [-0.15, -0.1) is 0 Å². The maximum atomic E-state index is 13.8. The van der Waals surface area contributed by atoms with Crippen molar-refractivity contribution in [3.63, 3.8) is 0 Å². The molecule has 2 heterocycles. The Morgan fingerprint density at radius 3 is 2.38 bits per heavy atom. The van der Waals surface area contributed by atoms with Crippen molar-refractivity contribution in [1.29, 1.82) is 0 Å². The Hall–Kier alpha value is -3.65. The number of nitrogens with zero attached hydrogens (tertiary/aromatic N) is 4. The Morgan fingerprint density at radius 1 is 1.06 bits per heavy atom. The number of piperidine rings is 1. The van der Waals surface area contributed by atoms with E-state index in [1.807, 2.05) is 36.4 Å². The smallest absolute Gasteiger partial charge is 0.162 e. The molecule has 0 saturated carbocycles. The quantitative estimate of drug-likeness (QED) is 0.551. The van der Waals surface area contributed by atoms with Gasteiger partial charge in [-0.3, -0.25) is 4.99 Å². The number of aromatic nitrogens is 2. The molecule has 1 saturated heterocycles. The van der Waals surface area contributed by atoms with Crippen LogP contribution in [0.15, 0.2) is 65.3 Å². The second-order valence-corrected chi connectivity index (χ2v) is 8.43. The minimum absolute atomic E-state index is 0.340. The lowest BCUT2D eigenvalue weighted by Gasteiger charge is -2.39. The van der Waals surface area contributed by atoms with Crippen LogP contribution in [0.25, 0.3) is 17.0 Å². The molecule has 0 bridgehead atoms. The summed E-state index contributed by atoms with van der Waals surface area (Å²) in [6.07, 6.45) is 2.36. The Balaban J connectivity index is 1.68. The molecule has 3 N–H and O–H groups in total. The highest BCUT2D eigenvalue weighted by molar-refractivity contribution is 6.10. The van der Waals surface area contributed by atoms with Crippen LogP contribution in [0.3, 0.4) is 0 Å². The molecule has 1 aliphatic rings. The van der Waals surface area contributed by atoms with Crippen LogP contribution in [0.4, 0.5) is 14.6 Å². The van der Waals surface area contributed by atoms with E-state index in [0.29, 0.717) is 60.1 Å². The van der Waals surface area contributed by atoms with Gasteiger partial charge in [-0.1, -0.05) is 36.4 Å². The molecular weight excluding hydrogens is 436 g/mol. The first-order chi connectivity index (χ1) is 16.3. The molecule has 0 atom stereocenters. The molecule has 0 spiro atoms. The molecule has 1 fully saturated rings. The Bertz CT molecular complexity index is 1230. The van der Waals surface area contributed by atoms with Crippen LogP contribution in [0.5, 0.6) is 0 Å². The first-order valence-corrected chi connectivity index (χ1v) is 11.1. The number of nitrogens with two attached hydrogens (primary N) is 1. The minimum Gasteiger partial charge on any atom is -0.402 e. The second-order valence-electron chi connectivity index (χ2n) is 8.43. The number of rotatable bonds is 5. The second kappa shape index (κ2) is 9.69. The van der Waals surface area contributed by atoms with Crippen molar-refractivity contribution in [1.82, 2.24) is 9.97 Å². The molecule has 0 aliphatic carbocycles. The summed E-state index contributed by atoms with van der Waals surface area (Å²) in [5.74, 6) is -0.644. The highest BCUT2D eigenvalue weighted by atomic mass is 19.2. The van der Waals surface area contributed by atoms with Gasteiger partial charge in [0, 0.05) is 49.3 Å². The van der Waals surface area contributed by atoms with E-state index >= 15 is 0 Å². The van der Waals surface area contributed by atoms with Crippen LogP contribution >= 0.6 is 0 Å². The van der Waals surface area contributed by atoms with Gasteiger partial charge < -0.3 is 15.7 Å². The number of hydrogen-bond donors (Lipinski definition) is 2. The Labute approximate surface area is 197 Å². The third-order valence-electron chi connectivity index (χ3n) is 6.08. The molecule has 1 aliphatic heterocycles. The number of benzene rings is 2. The summed E-state index contributed by atoms with van der Waals surface area (Å²) in [6, 6.07) is 15.1. The van der Waals surface area contributed by atoms with Crippen molar-refractivity contribution in [2.24, 2.45) is 10.7 Å². The number of hydrogen-bond acceptors (Lipinski definition) is 6. The summed E-state index contributed by atoms with van der Waals surface area (Å²) < 4.78 is 27.1. The highest BCUT2D eigenvalue weighted by Crippen LogP contribution is 2.35. The fraction of sp³-hybridized carbons (Fsp3) is 0.269. The van der Waals surface area contributed by atoms with E-state index in [0.717, 1.165) is 17.7 Å². The predicted molar refractivity (Wildman–Crippen MR) is 130 cm³/mol. The zero-order valence-corrected chi connectivity index (χ0v) is 19.2. The molecular formula is C26H27F2N5O.